The van der Waals surface area contributed by atoms with Gasteiger partial charge in [-0.1, -0.05) is 65.2 Å². The van der Waals surface area contributed by atoms with E-state index in [2.05, 4.69) is 11.8 Å². The zero-order valence-corrected chi connectivity index (χ0v) is 17.6. The number of unbranched alkanes of at least 4 members (excludes halogenated alkanes) is 8. The van der Waals surface area contributed by atoms with E-state index in [-0.39, 0.29) is 6.42 Å². The first kappa shape index (κ1) is 26.3. The van der Waals surface area contributed by atoms with Crippen molar-refractivity contribution in [3.63, 3.8) is 0 Å². The molecule has 10 heteroatoms. The summed E-state index contributed by atoms with van der Waals surface area (Å²) in [7, 11) is -5.06. The van der Waals surface area contributed by atoms with Gasteiger partial charge >= 0.3 is 11.9 Å². The number of hydroxylamine groups is 1. The van der Waals surface area contributed by atoms with Crippen LogP contribution in [-0.2, 0) is 29.3 Å². The van der Waals surface area contributed by atoms with Crippen molar-refractivity contribution >= 4 is 28.0 Å². The number of carbonyl (C=O) groups excluding carboxylic acids is 2. The molecule has 0 spiro atoms. The third-order valence-electron chi connectivity index (χ3n) is 4.64. The molecular formula is C18H33NO8S. The van der Waals surface area contributed by atoms with Gasteiger partial charge in [0.2, 0.25) is 4.75 Å². The average molecular weight is 424 g/mol. The van der Waals surface area contributed by atoms with E-state index in [4.69, 9.17) is 5.11 Å². The van der Waals surface area contributed by atoms with Crippen LogP contribution >= 0.6 is 0 Å². The van der Waals surface area contributed by atoms with Crippen LogP contribution in [0.2, 0.25) is 0 Å². The lowest BCUT2D eigenvalue weighted by atomic mass is 10.0. The van der Waals surface area contributed by atoms with Crippen molar-refractivity contribution in [3.8, 4) is 0 Å². The van der Waals surface area contributed by atoms with E-state index in [0.717, 1.165) is 19.3 Å². The molecule has 0 bridgehead atoms. The summed E-state index contributed by atoms with van der Waals surface area (Å²) in [5, 5.41) is 8.85. The highest BCUT2D eigenvalue weighted by atomic mass is 32.2. The zero-order chi connectivity index (χ0) is 21.6. The van der Waals surface area contributed by atoms with E-state index in [1.54, 1.807) is 0 Å². The van der Waals surface area contributed by atoms with Gasteiger partial charge in [-0.05, 0) is 12.8 Å². The molecule has 3 N–H and O–H groups in total. The molecule has 0 aromatic heterocycles. The zero-order valence-electron chi connectivity index (χ0n) is 16.7. The van der Waals surface area contributed by atoms with Gasteiger partial charge in [0, 0.05) is 6.42 Å². The molecule has 0 radical (unpaired) electrons. The summed E-state index contributed by atoms with van der Waals surface area (Å²) in [6.07, 6.45) is 8.02. The topological polar surface area (TPSA) is 147 Å². The van der Waals surface area contributed by atoms with Gasteiger partial charge in [0.1, 0.15) is 0 Å². The van der Waals surface area contributed by atoms with E-state index < -0.39 is 45.6 Å². The van der Waals surface area contributed by atoms with Crippen LogP contribution in [0.5, 0.6) is 0 Å². The molecule has 0 saturated carbocycles. The number of amides is 1. The lowest BCUT2D eigenvalue weighted by molar-refractivity contribution is -0.163. The third-order valence-corrected chi connectivity index (χ3v) is 6.23. The molecule has 0 aromatic carbocycles. The molecule has 0 aliphatic rings. The minimum atomic E-state index is -5.06. The van der Waals surface area contributed by atoms with Crippen LogP contribution in [0, 0.1) is 0 Å². The minimum Gasteiger partial charge on any atom is -0.481 e. The first-order valence-corrected chi connectivity index (χ1v) is 11.2. The van der Waals surface area contributed by atoms with Crippen LogP contribution in [0.4, 0.5) is 0 Å². The van der Waals surface area contributed by atoms with Crippen molar-refractivity contribution in [3.05, 3.63) is 0 Å². The van der Waals surface area contributed by atoms with Crippen LogP contribution < -0.4 is 5.48 Å². The van der Waals surface area contributed by atoms with Crippen molar-refractivity contribution in [2.45, 2.75) is 95.6 Å². The Morgan fingerprint density at radius 1 is 0.929 bits per heavy atom. The number of nitrogens with one attached hydrogen (secondary N) is 1. The summed E-state index contributed by atoms with van der Waals surface area (Å²) in [5.74, 6) is -3.75. The van der Waals surface area contributed by atoms with Crippen molar-refractivity contribution in [1.82, 2.24) is 5.48 Å². The quantitative estimate of drug-likeness (QED) is 0.207. The van der Waals surface area contributed by atoms with E-state index >= 15 is 0 Å². The molecule has 0 aliphatic carbocycles. The number of carboxylic acid groups (broad SMARTS) is 1. The van der Waals surface area contributed by atoms with Gasteiger partial charge in [0.05, 0.1) is 6.42 Å². The lowest BCUT2D eigenvalue weighted by Gasteiger charge is -2.24. The molecule has 0 fully saturated rings. The van der Waals surface area contributed by atoms with Crippen LogP contribution in [0.25, 0.3) is 0 Å². The van der Waals surface area contributed by atoms with Crippen molar-refractivity contribution in [2.24, 2.45) is 0 Å². The SMILES string of the molecule is CCCCCCCCCCCC(=O)NOC(=O)C(CC)(CC(=O)O)S(=O)(=O)O. The summed E-state index contributed by atoms with van der Waals surface area (Å²) in [5.41, 5.74) is 1.84. The molecule has 164 valence electrons. The normalized spacial score (nSPS) is 13.5. The predicted octanol–water partition coefficient (Wildman–Crippen LogP) is 2.99. The van der Waals surface area contributed by atoms with Gasteiger partial charge in [0.25, 0.3) is 16.0 Å². The first-order valence-electron chi connectivity index (χ1n) is 9.79. The van der Waals surface area contributed by atoms with Gasteiger partial charge in [-0.3, -0.25) is 14.1 Å². The molecular weight excluding hydrogens is 390 g/mol. The molecule has 1 atom stereocenters. The predicted molar refractivity (Wildman–Crippen MR) is 103 cm³/mol. The average Bonchev–Trinajstić information content (AvgIpc) is 2.61. The van der Waals surface area contributed by atoms with Crippen molar-refractivity contribution in [1.29, 1.82) is 0 Å². The fourth-order valence-electron chi connectivity index (χ4n) is 2.81. The summed E-state index contributed by atoms with van der Waals surface area (Å²) < 4.78 is 29.7. The maximum Gasteiger partial charge on any atom is 0.356 e. The van der Waals surface area contributed by atoms with E-state index in [9.17, 15) is 27.4 Å². The Bertz CT molecular complexity index is 605. The van der Waals surface area contributed by atoms with Crippen molar-refractivity contribution < 1.29 is 37.3 Å². The van der Waals surface area contributed by atoms with E-state index in [1.165, 1.54) is 39.0 Å². The Morgan fingerprint density at radius 3 is 1.86 bits per heavy atom. The largest absolute Gasteiger partial charge is 0.481 e. The number of aliphatic carboxylic acids is 1. The minimum absolute atomic E-state index is 0.0903. The Morgan fingerprint density at radius 2 is 1.43 bits per heavy atom. The van der Waals surface area contributed by atoms with Crippen LogP contribution in [-0.4, -0.2) is 40.7 Å². The number of hydrogen-bond donors (Lipinski definition) is 3. The van der Waals surface area contributed by atoms with Gasteiger partial charge in [-0.2, -0.15) is 13.9 Å². The standard InChI is InChI=1S/C18H33NO8S/c1-3-5-6-7-8-9-10-11-12-13-15(20)19-27-17(23)18(4-2,14-16(21)22)28(24,25)26/h3-14H2,1-2H3,(H,19,20)(H,21,22)(H,24,25,26). The Kier molecular flexibility index (Phi) is 12.7. The summed E-state index contributed by atoms with van der Waals surface area (Å²) >= 11 is 0. The first-order chi connectivity index (χ1) is 13.1. The molecule has 0 aromatic rings. The highest BCUT2D eigenvalue weighted by Gasteiger charge is 2.52. The van der Waals surface area contributed by atoms with Crippen molar-refractivity contribution in [2.75, 3.05) is 0 Å². The second kappa shape index (κ2) is 13.5. The van der Waals surface area contributed by atoms with E-state index in [1.807, 2.05) is 5.48 Å². The molecule has 0 aliphatic heterocycles. The number of hydrogen-bond acceptors (Lipinski definition) is 6. The van der Waals surface area contributed by atoms with E-state index in [0.29, 0.717) is 6.42 Å². The third kappa shape index (κ3) is 9.50. The maximum atomic E-state index is 12.1. The Hall–Kier alpha value is -1.68. The number of rotatable bonds is 15. The molecule has 1 amide bonds. The molecule has 28 heavy (non-hydrogen) atoms. The van der Waals surface area contributed by atoms with Gasteiger partial charge in [-0.15, -0.1) is 0 Å². The van der Waals surface area contributed by atoms with Crippen LogP contribution in [0.3, 0.4) is 0 Å². The second-order valence-corrected chi connectivity index (χ2v) is 8.62. The summed E-state index contributed by atoms with van der Waals surface area (Å²) in [6.45, 7) is 3.39. The summed E-state index contributed by atoms with van der Waals surface area (Å²) in [6, 6.07) is 0. The van der Waals surface area contributed by atoms with Gasteiger partial charge < -0.3 is 9.94 Å². The van der Waals surface area contributed by atoms with Crippen LogP contribution in [0.15, 0.2) is 0 Å². The lowest BCUT2D eigenvalue weighted by Crippen LogP contribution is -2.50. The molecule has 9 nitrogen and oxygen atoms in total. The summed E-state index contributed by atoms with van der Waals surface area (Å²) in [4.78, 5) is 39.2. The number of carboxylic acids is 1. The highest BCUT2D eigenvalue weighted by molar-refractivity contribution is 7.88. The fraction of sp³-hybridized carbons (Fsp3) is 0.833. The molecule has 0 saturated heterocycles. The molecule has 0 heterocycles. The Labute approximate surface area is 166 Å². The second-order valence-electron chi connectivity index (χ2n) is 6.89. The molecule has 1 unspecified atom stereocenters. The highest BCUT2D eigenvalue weighted by Crippen LogP contribution is 2.27. The number of carbonyl (C=O) groups is 3. The van der Waals surface area contributed by atoms with Gasteiger partial charge in [0.15, 0.2) is 0 Å². The van der Waals surface area contributed by atoms with Gasteiger partial charge in [-0.25, -0.2) is 4.79 Å². The van der Waals surface area contributed by atoms with Crippen LogP contribution in [0.1, 0.15) is 90.9 Å². The molecule has 0 rings (SSSR count). The fourth-order valence-corrected chi connectivity index (χ4v) is 3.73. The maximum absolute atomic E-state index is 12.1. The Balaban J connectivity index is 4.28. The smallest absolute Gasteiger partial charge is 0.356 e. The monoisotopic (exact) mass is 423 g/mol.